The zero-order valence-corrected chi connectivity index (χ0v) is 16.2. The van der Waals surface area contributed by atoms with Crippen LogP contribution in [0.25, 0.3) is 0 Å². The molecule has 0 unspecified atom stereocenters. The van der Waals surface area contributed by atoms with Crippen molar-refractivity contribution in [3.05, 3.63) is 22.2 Å². The van der Waals surface area contributed by atoms with E-state index in [1.54, 1.807) is 30.7 Å². The van der Waals surface area contributed by atoms with E-state index in [2.05, 4.69) is 36.8 Å². The highest BCUT2D eigenvalue weighted by molar-refractivity contribution is 9.10. The molecule has 0 radical (unpaired) electrons. The van der Waals surface area contributed by atoms with E-state index >= 15 is 0 Å². The first-order valence-electron chi connectivity index (χ1n) is 6.62. The number of thioether (sulfide) groups is 1. The number of benzene rings is 1. The summed E-state index contributed by atoms with van der Waals surface area (Å²) in [4.78, 5) is 0. The van der Waals surface area contributed by atoms with Gasteiger partial charge in [-0.1, -0.05) is 11.8 Å². The topological polar surface area (TPSA) is 74.1 Å². The van der Waals surface area contributed by atoms with Gasteiger partial charge in [-0.05, 0) is 44.1 Å². The number of hydrogen-bond acceptors (Lipinski definition) is 7. The Hall–Kier alpha value is -1.03. The molecular weight excluding hydrogens is 406 g/mol. The second-order valence-corrected chi connectivity index (χ2v) is 6.34. The first-order chi connectivity index (χ1) is 10.7. The van der Waals surface area contributed by atoms with Crippen LogP contribution in [0.3, 0.4) is 0 Å². The van der Waals surface area contributed by atoms with Crippen LogP contribution in [0.4, 0.5) is 0 Å². The summed E-state index contributed by atoms with van der Waals surface area (Å²) in [7, 11) is 5.09. The zero-order chi connectivity index (χ0) is 15.9. The second-order valence-electron chi connectivity index (χ2n) is 4.42. The molecule has 10 heteroatoms. The van der Waals surface area contributed by atoms with E-state index < -0.39 is 0 Å². The minimum atomic E-state index is 0. The predicted molar refractivity (Wildman–Crippen MR) is 88.5 cm³/mol. The molecule has 0 aliphatic carbocycles. The van der Waals surface area contributed by atoms with Crippen molar-refractivity contribution < 1.29 is 21.9 Å². The summed E-state index contributed by atoms with van der Waals surface area (Å²) in [5.41, 5.74) is 1.12. The van der Waals surface area contributed by atoms with E-state index in [4.69, 9.17) is 9.47 Å². The van der Waals surface area contributed by atoms with Crippen LogP contribution in [0.15, 0.2) is 21.8 Å². The lowest BCUT2D eigenvalue weighted by molar-refractivity contribution is -0.00000518. The molecule has 128 valence electrons. The number of rotatable bonds is 8. The fourth-order valence-electron chi connectivity index (χ4n) is 1.86. The maximum atomic E-state index is 5.34. The quantitative estimate of drug-likeness (QED) is 0.426. The number of hydrogen-bond donors (Lipinski definition) is 1. The van der Waals surface area contributed by atoms with Crippen LogP contribution < -0.4 is 27.2 Å². The number of halogens is 2. The van der Waals surface area contributed by atoms with Crippen molar-refractivity contribution in [2.75, 3.05) is 26.5 Å². The van der Waals surface area contributed by atoms with Gasteiger partial charge in [0.2, 0.25) is 5.16 Å². The molecule has 1 aromatic heterocycles. The SMILES string of the molecule is COc1cc(CNCCSc2nnnn2C)cc(Br)c1OC.[Cl-]. The number of tetrazole rings is 1. The first kappa shape index (κ1) is 20.0. The largest absolute Gasteiger partial charge is 1.00 e. The van der Waals surface area contributed by atoms with Crippen LogP contribution in [0.2, 0.25) is 0 Å². The van der Waals surface area contributed by atoms with Gasteiger partial charge in [-0.2, -0.15) is 0 Å². The molecule has 1 N–H and O–H groups in total. The van der Waals surface area contributed by atoms with Gasteiger partial charge in [0, 0.05) is 25.9 Å². The molecule has 0 amide bonds. The molecule has 7 nitrogen and oxygen atoms in total. The fourth-order valence-corrected chi connectivity index (χ4v) is 3.26. The Kier molecular flexibility index (Phi) is 8.67. The highest BCUT2D eigenvalue weighted by Crippen LogP contribution is 2.36. The smallest absolute Gasteiger partial charge is 0.209 e. The molecule has 0 spiro atoms. The highest BCUT2D eigenvalue weighted by Gasteiger charge is 2.10. The van der Waals surface area contributed by atoms with Crippen LogP contribution in [0, 0.1) is 0 Å². The summed E-state index contributed by atoms with van der Waals surface area (Å²) < 4.78 is 13.2. The molecule has 0 saturated carbocycles. The average molecular weight is 424 g/mol. The highest BCUT2D eigenvalue weighted by atomic mass is 79.9. The van der Waals surface area contributed by atoms with Gasteiger partial charge in [0.05, 0.1) is 18.7 Å². The molecule has 1 heterocycles. The third-order valence-electron chi connectivity index (χ3n) is 2.91. The summed E-state index contributed by atoms with van der Waals surface area (Å²) in [6, 6.07) is 3.99. The van der Waals surface area contributed by atoms with Crippen LogP contribution >= 0.6 is 27.7 Å². The Balaban J connectivity index is 0.00000264. The summed E-state index contributed by atoms with van der Waals surface area (Å²) >= 11 is 5.11. The normalized spacial score (nSPS) is 10.3. The number of aromatic nitrogens is 4. The lowest BCUT2D eigenvalue weighted by atomic mass is 10.2. The van der Waals surface area contributed by atoms with Gasteiger partial charge in [-0.25, -0.2) is 4.68 Å². The van der Waals surface area contributed by atoms with Crippen molar-refractivity contribution in [2.24, 2.45) is 7.05 Å². The van der Waals surface area contributed by atoms with E-state index in [1.807, 2.05) is 19.2 Å². The first-order valence-corrected chi connectivity index (χ1v) is 8.39. The summed E-state index contributed by atoms with van der Waals surface area (Å²) in [5, 5.41) is 15.5. The molecule has 0 atom stereocenters. The van der Waals surface area contributed by atoms with Gasteiger partial charge >= 0.3 is 0 Å². The van der Waals surface area contributed by atoms with Crippen LogP contribution in [0.1, 0.15) is 5.56 Å². The molecular formula is C13H18BrClN5O2S-. The molecule has 0 aliphatic rings. The van der Waals surface area contributed by atoms with Crippen molar-refractivity contribution in [1.29, 1.82) is 0 Å². The monoisotopic (exact) mass is 422 g/mol. The van der Waals surface area contributed by atoms with Gasteiger partial charge in [0.25, 0.3) is 0 Å². The number of nitrogens with one attached hydrogen (secondary N) is 1. The lowest BCUT2D eigenvalue weighted by Crippen LogP contribution is -3.00. The minimum Gasteiger partial charge on any atom is -1.00 e. The average Bonchev–Trinajstić information content (AvgIpc) is 2.91. The van der Waals surface area contributed by atoms with Gasteiger partial charge in [0.1, 0.15) is 0 Å². The third-order valence-corrected chi connectivity index (χ3v) is 4.52. The number of methoxy groups -OCH3 is 2. The van der Waals surface area contributed by atoms with Crippen molar-refractivity contribution in [1.82, 2.24) is 25.5 Å². The molecule has 0 fully saturated rings. The Morgan fingerprint density at radius 3 is 2.70 bits per heavy atom. The van der Waals surface area contributed by atoms with Crippen LogP contribution in [-0.2, 0) is 13.6 Å². The maximum absolute atomic E-state index is 5.34. The van der Waals surface area contributed by atoms with Crippen LogP contribution in [0.5, 0.6) is 11.5 Å². The Labute approximate surface area is 154 Å². The summed E-state index contributed by atoms with van der Waals surface area (Å²) in [5.74, 6) is 2.31. The van der Waals surface area contributed by atoms with Crippen molar-refractivity contribution in [2.45, 2.75) is 11.7 Å². The van der Waals surface area contributed by atoms with Gasteiger partial charge < -0.3 is 27.2 Å². The Morgan fingerprint density at radius 2 is 2.09 bits per heavy atom. The lowest BCUT2D eigenvalue weighted by Gasteiger charge is -2.12. The molecule has 0 aliphatic heterocycles. The molecule has 0 bridgehead atoms. The van der Waals surface area contributed by atoms with E-state index in [0.717, 1.165) is 34.0 Å². The number of nitrogens with zero attached hydrogens (tertiary/aromatic N) is 4. The van der Waals surface area contributed by atoms with E-state index in [9.17, 15) is 0 Å². The molecule has 23 heavy (non-hydrogen) atoms. The molecule has 2 rings (SSSR count). The van der Waals surface area contributed by atoms with Gasteiger partial charge in [-0.3, -0.25) is 0 Å². The van der Waals surface area contributed by atoms with Crippen molar-refractivity contribution in [3.63, 3.8) is 0 Å². The van der Waals surface area contributed by atoms with Crippen molar-refractivity contribution in [3.8, 4) is 11.5 Å². The predicted octanol–water partition coefficient (Wildman–Crippen LogP) is -1.12. The van der Waals surface area contributed by atoms with E-state index in [0.29, 0.717) is 11.5 Å². The third kappa shape index (κ3) is 5.52. The minimum absolute atomic E-state index is 0. The molecule has 0 saturated heterocycles. The Bertz CT molecular complexity index is 628. The maximum Gasteiger partial charge on any atom is 0.209 e. The standard InChI is InChI=1S/C13H18BrN5O2S.ClH/c1-19-13(16-17-18-19)22-5-4-15-8-9-6-10(14)12(21-3)11(7-9)20-2;/h6-7,15H,4-5,8H2,1-3H3;1H/p-1. The van der Waals surface area contributed by atoms with E-state index in [-0.39, 0.29) is 12.4 Å². The summed E-state index contributed by atoms with van der Waals surface area (Å²) in [6.45, 7) is 1.60. The number of ether oxygens (including phenoxy) is 2. The fraction of sp³-hybridized carbons (Fsp3) is 0.462. The second kappa shape index (κ2) is 9.96. The van der Waals surface area contributed by atoms with Crippen molar-refractivity contribution >= 4 is 27.7 Å². The van der Waals surface area contributed by atoms with Crippen LogP contribution in [-0.4, -0.2) is 46.7 Å². The Morgan fingerprint density at radius 1 is 1.30 bits per heavy atom. The molecule has 2 aromatic rings. The van der Waals surface area contributed by atoms with Gasteiger partial charge in [0.15, 0.2) is 11.5 Å². The summed E-state index contributed by atoms with van der Waals surface area (Å²) in [6.07, 6.45) is 0. The van der Waals surface area contributed by atoms with Gasteiger partial charge in [-0.15, -0.1) is 5.10 Å². The number of aryl methyl sites for hydroxylation is 1. The van der Waals surface area contributed by atoms with E-state index in [1.165, 1.54) is 0 Å². The zero-order valence-electron chi connectivity index (χ0n) is 13.0. The molecule has 1 aromatic carbocycles.